The molecule has 1 saturated heterocycles. The average Bonchev–Trinajstić information content (AvgIpc) is 3.33. The number of nitrogens with zero attached hydrogens (tertiary/aromatic N) is 11. The van der Waals surface area contributed by atoms with Crippen molar-refractivity contribution in [1.29, 1.82) is 15.8 Å². The Kier molecular flexibility index (Phi) is 15.2. The molecule has 2 aliphatic rings. The van der Waals surface area contributed by atoms with Crippen molar-refractivity contribution in [2.24, 2.45) is 0 Å². The van der Waals surface area contributed by atoms with Gasteiger partial charge in [0.05, 0.1) is 63.0 Å². The molecule has 8 rings (SSSR count). The predicted molar refractivity (Wildman–Crippen MR) is 240 cm³/mol. The fourth-order valence-electron chi connectivity index (χ4n) is 7.05. The Labute approximate surface area is 378 Å². The molecule has 2 N–H and O–H groups in total. The summed E-state index contributed by atoms with van der Waals surface area (Å²) in [6.45, 7) is 7.99. The molecule has 65 heavy (non-hydrogen) atoms. The molecule has 0 bridgehead atoms. The number of nitrogen functional groups attached to an aromatic ring is 1. The third kappa shape index (κ3) is 11.3. The van der Waals surface area contributed by atoms with Crippen LogP contribution in [0.4, 0.5) is 17.1 Å². The second-order valence-corrected chi connectivity index (χ2v) is 15.0. The quantitative estimate of drug-likeness (QED) is 0.0890. The van der Waals surface area contributed by atoms with Crippen LogP contribution in [0.3, 0.4) is 0 Å². The van der Waals surface area contributed by atoms with Crippen LogP contribution in [-0.2, 0) is 9.47 Å². The van der Waals surface area contributed by atoms with E-state index in [4.69, 9.17) is 32.1 Å². The Bertz CT molecular complexity index is 2950. The van der Waals surface area contributed by atoms with Crippen LogP contribution in [0.15, 0.2) is 79.7 Å². The lowest BCUT2D eigenvalue weighted by atomic mass is 9.91. The second-order valence-electron chi connectivity index (χ2n) is 14.7. The minimum absolute atomic E-state index is 0.0923. The van der Waals surface area contributed by atoms with E-state index in [1.54, 1.807) is 32.3 Å². The second kappa shape index (κ2) is 21.3. The Hall–Kier alpha value is -8.08. The Morgan fingerprint density at radius 1 is 0.646 bits per heavy atom. The monoisotopic (exact) mass is 890 g/mol. The summed E-state index contributed by atoms with van der Waals surface area (Å²) in [7, 11) is 0. The zero-order valence-electron chi connectivity index (χ0n) is 35.4. The summed E-state index contributed by atoms with van der Waals surface area (Å²) in [5.74, 6) is 0.303. The largest absolute Gasteiger partial charge is 0.397 e. The van der Waals surface area contributed by atoms with E-state index in [1.807, 2.05) is 37.4 Å². The number of halogens is 1. The molecule has 0 aliphatic carbocycles. The highest BCUT2D eigenvalue weighted by Gasteiger charge is 2.22. The Morgan fingerprint density at radius 2 is 1.15 bits per heavy atom. The summed E-state index contributed by atoms with van der Waals surface area (Å²) in [4.78, 5) is 45.9. The van der Waals surface area contributed by atoms with E-state index in [0.29, 0.717) is 81.7 Å². The normalized spacial score (nSPS) is 13.3. The van der Waals surface area contributed by atoms with Gasteiger partial charge in [0.1, 0.15) is 35.8 Å². The molecule has 19 heteroatoms. The van der Waals surface area contributed by atoms with Crippen molar-refractivity contribution in [2.75, 3.05) is 32.2 Å². The van der Waals surface area contributed by atoms with Gasteiger partial charge < -0.3 is 15.2 Å². The van der Waals surface area contributed by atoms with Crippen LogP contribution in [0.2, 0.25) is 5.15 Å². The van der Waals surface area contributed by atoms with Gasteiger partial charge in [-0.05, 0) is 69.9 Å². The average molecular weight is 891 g/mol. The van der Waals surface area contributed by atoms with Crippen molar-refractivity contribution in [3.05, 3.63) is 150 Å². The van der Waals surface area contributed by atoms with Gasteiger partial charge in [0.15, 0.2) is 0 Å². The minimum Gasteiger partial charge on any atom is -0.397 e. The standard InChI is InChI=1S/C17H14N4O3.C17H18N4O.C12H7ClN4O2/c1-11-16(7-15(10-19-11)21(22)23)14-6-13(8-18)17(20-9-14)12-2-4-24-5-3-12;1-11-16(7-15(19)10-20-11)14-6-13(8-18)17(21-9-14)12-2-4-22-5-3-12;1-7-11(3-10(6-15-7)17(18)19)9-2-8(4-14)12(13)16-5-9/h2,6-7,9-10H,3-5H2,1H3;6-7,9-10,12H,2-5,19H2,1H3;2-3,5-6H,1H3. The van der Waals surface area contributed by atoms with Gasteiger partial charge in [-0.15, -0.1) is 0 Å². The fraction of sp³-hybridized carbons (Fsp3) is 0.239. The van der Waals surface area contributed by atoms with Gasteiger partial charge in [-0.3, -0.25) is 45.1 Å². The molecule has 0 aromatic carbocycles. The highest BCUT2D eigenvalue weighted by atomic mass is 35.5. The lowest BCUT2D eigenvalue weighted by Crippen LogP contribution is -2.16. The third-order valence-corrected chi connectivity index (χ3v) is 10.8. The molecular weight excluding hydrogens is 852 g/mol. The molecule has 6 aromatic heterocycles. The van der Waals surface area contributed by atoms with E-state index in [2.05, 4.69) is 42.0 Å². The molecule has 326 valence electrons. The SMILES string of the molecule is Cc1ncc(N)cc1-c1cnc(C2CCOCC2)c(C#N)c1.Cc1ncc([N+](=O)[O-])cc1-c1cnc(C2=CCOCC2)c(C#N)c1.Cc1ncc([N+](=O)[O-])cc1-c1cnc(Cl)c(C#N)c1. The van der Waals surface area contributed by atoms with Gasteiger partial charge in [0.25, 0.3) is 11.4 Å². The lowest BCUT2D eigenvalue weighted by molar-refractivity contribution is -0.385. The molecule has 0 atom stereocenters. The van der Waals surface area contributed by atoms with E-state index >= 15 is 0 Å². The molecule has 2 aliphatic heterocycles. The van der Waals surface area contributed by atoms with Crippen molar-refractivity contribution in [3.63, 3.8) is 0 Å². The first-order valence-electron chi connectivity index (χ1n) is 20.0. The number of nitriles is 3. The van der Waals surface area contributed by atoms with Gasteiger partial charge >= 0.3 is 0 Å². The summed E-state index contributed by atoms with van der Waals surface area (Å²) in [5, 5.41) is 49.7. The van der Waals surface area contributed by atoms with Crippen LogP contribution in [0.5, 0.6) is 0 Å². The zero-order chi connectivity index (χ0) is 46.6. The maximum absolute atomic E-state index is 11.0. The number of rotatable bonds is 7. The van der Waals surface area contributed by atoms with E-state index < -0.39 is 9.85 Å². The molecule has 6 aromatic rings. The van der Waals surface area contributed by atoms with Crippen LogP contribution in [-0.4, -0.2) is 66.2 Å². The van der Waals surface area contributed by atoms with E-state index in [1.165, 1.54) is 36.8 Å². The fourth-order valence-corrected chi connectivity index (χ4v) is 7.19. The van der Waals surface area contributed by atoms with E-state index in [0.717, 1.165) is 54.1 Å². The van der Waals surface area contributed by atoms with Crippen LogP contribution < -0.4 is 5.73 Å². The van der Waals surface area contributed by atoms with Gasteiger partial charge in [0.2, 0.25) is 0 Å². The number of anilines is 1. The van der Waals surface area contributed by atoms with Crippen molar-refractivity contribution in [3.8, 4) is 51.6 Å². The first-order valence-corrected chi connectivity index (χ1v) is 20.4. The molecule has 0 amide bonds. The molecule has 1 fully saturated rings. The lowest BCUT2D eigenvalue weighted by Gasteiger charge is -2.22. The number of aromatic nitrogens is 6. The number of nitrogens with two attached hydrogens (primary N) is 1. The van der Waals surface area contributed by atoms with Crippen LogP contribution >= 0.6 is 11.6 Å². The highest BCUT2D eigenvalue weighted by molar-refractivity contribution is 6.30. The summed E-state index contributed by atoms with van der Waals surface area (Å²) in [5.41, 5.74) is 16.3. The van der Waals surface area contributed by atoms with Crippen molar-refractivity contribution in [2.45, 2.75) is 46.0 Å². The number of hydrogen-bond acceptors (Lipinski definition) is 16. The van der Waals surface area contributed by atoms with Crippen LogP contribution in [0.25, 0.3) is 39.0 Å². The summed E-state index contributed by atoms with van der Waals surface area (Å²) >= 11 is 5.75. The van der Waals surface area contributed by atoms with Crippen molar-refractivity contribution >= 4 is 34.2 Å². The number of pyridine rings is 6. The summed E-state index contributed by atoms with van der Waals surface area (Å²) in [6.07, 6.45) is 13.4. The maximum atomic E-state index is 11.0. The summed E-state index contributed by atoms with van der Waals surface area (Å²) in [6, 6.07) is 16.2. The van der Waals surface area contributed by atoms with Crippen LogP contribution in [0, 0.1) is 75.0 Å². The number of hydrogen-bond donors (Lipinski definition) is 1. The molecule has 0 spiro atoms. The van der Waals surface area contributed by atoms with E-state index in [9.17, 15) is 30.8 Å². The maximum Gasteiger partial charge on any atom is 0.288 e. The Balaban J connectivity index is 0.000000163. The molecule has 0 saturated carbocycles. The molecular formula is C46H39ClN12O6. The topological polar surface area (TPSA) is 279 Å². The Morgan fingerprint density at radius 3 is 1.69 bits per heavy atom. The van der Waals surface area contributed by atoms with Crippen molar-refractivity contribution < 1.29 is 19.3 Å². The smallest absolute Gasteiger partial charge is 0.288 e. The van der Waals surface area contributed by atoms with Crippen LogP contribution in [0.1, 0.15) is 70.3 Å². The molecule has 0 radical (unpaired) electrons. The number of ether oxygens (including phenoxy) is 2. The molecule has 8 heterocycles. The number of nitro groups is 2. The molecule has 18 nitrogen and oxygen atoms in total. The highest BCUT2D eigenvalue weighted by Crippen LogP contribution is 2.33. The van der Waals surface area contributed by atoms with Gasteiger partial charge in [-0.2, -0.15) is 15.8 Å². The van der Waals surface area contributed by atoms with E-state index in [-0.39, 0.29) is 22.1 Å². The van der Waals surface area contributed by atoms with Gasteiger partial charge in [0, 0.05) is 100 Å². The minimum atomic E-state index is -0.523. The third-order valence-electron chi connectivity index (χ3n) is 10.5. The zero-order valence-corrected chi connectivity index (χ0v) is 36.1. The first kappa shape index (κ1) is 46.4. The van der Waals surface area contributed by atoms with Gasteiger partial charge in [-0.25, -0.2) is 4.98 Å². The van der Waals surface area contributed by atoms with Crippen molar-refractivity contribution in [1.82, 2.24) is 29.9 Å². The summed E-state index contributed by atoms with van der Waals surface area (Å²) < 4.78 is 10.7. The first-order chi connectivity index (χ1) is 31.3. The number of aryl methyl sites for hydroxylation is 3. The molecule has 0 unspecified atom stereocenters. The van der Waals surface area contributed by atoms with Gasteiger partial charge in [-0.1, -0.05) is 17.7 Å². The predicted octanol–water partition coefficient (Wildman–Crippen LogP) is 8.72.